The summed E-state index contributed by atoms with van der Waals surface area (Å²) in [5, 5.41) is 6.18. The lowest BCUT2D eigenvalue weighted by molar-refractivity contribution is 0.102. The van der Waals surface area contributed by atoms with E-state index in [1.807, 2.05) is 74.4 Å². The van der Waals surface area contributed by atoms with Crippen LogP contribution in [0.2, 0.25) is 0 Å². The van der Waals surface area contributed by atoms with Gasteiger partial charge in [-0.05, 0) is 55.0 Å². The van der Waals surface area contributed by atoms with E-state index in [1.54, 1.807) is 18.5 Å². The van der Waals surface area contributed by atoms with Crippen molar-refractivity contribution in [2.24, 2.45) is 0 Å². The molecule has 5 heteroatoms. The van der Waals surface area contributed by atoms with Crippen LogP contribution in [0.15, 0.2) is 67.0 Å². The number of amides is 1. The lowest BCUT2D eigenvalue weighted by Gasteiger charge is -2.13. The second kappa shape index (κ2) is 7.70. The zero-order valence-electron chi connectivity index (χ0n) is 15.2. The SMILES string of the molecule is Cc1cccc(Nc2cncc(C(=O)Nc3ccc(N(C)C)cc3)c2)c1. The molecule has 3 rings (SSSR count). The number of hydrogen-bond acceptors (Lipinski definition) is 4. The van der Waals surface area contributed by atoms with E-state index in [4.69, 9.17) is 0 Å². The van der Waals surface area contributed by atoms with Gasteiger partial charge in [-0.1, -0.05) is 12.1 Å². The molecule has 1 amide bonds. The Morgan fingerprint density at radius 3 is 2.38 bits per heavy atom. The highest BCUT2D eigenvalue weighted by atomic mass is 16.1. The summed E-state index contributed by atoms with van der Waals surface area (Å²) in [6, 6.07) is 17.5. The van der Waals surface area contributed by atoms with Crippen LogP contribution in [0, 0.1) is 6.92 Å². The van der Waals surface area contributed by atoms with Gasteiger partial charge in [-0.3, -0.25) is 9.78 Å². The number of nitrogens with one attached hydrogen (secondary N) is 2. The van der Waals surface area contributed by atoms with Crippen molar-refractivity contribution in [1.29, 1.82) is 0 Å². The van der Waals surface area contributed by atoms with Crippen LogP contribution in [0.5, 0.6) is 0 Å². The van der Waals surface area contributed by atoms with Crippen molar-refractivity contribution in [3.63, 3.8) is 0 Å². The number of anilines is 4. The number of benzene rings is 2. The molecule has 5 nitrogen and oxygen atoms in total. The summed E-state index contributed by atoms with van der Waals surface area (Å²) in [6.45, 7) is 2.04. The molecule has 0 bridgehead atoms. The van der Waals surface area contributed by atoms with Crippen LogP contribution < -0.4 is 15.5 Å². The summed E-state index contributed by atoms with van der Waals surface area (Å²) in [6.07, 6.45) is 3.26. The molecule has 0 spiro atoms. The van der Waals surface area contributed by atoms with Gasteiger partial charge < -0.3 is 15.5 Å². The molecule has 0 saturated heterocycles. The maximum Gasteiger partial charge on any atom is 0.257 e. The van der Waals surface area contributed by atoms with E-state index in [0.717, 1.165) is 28.3 Å². The van der Waals surface area contributed by atoms with Gasteiger partial charge in [0.1, 0.15) is 0 Å². The molecule has 2 N–H and O–H groups in total. The third-order valence-electron chi connectivity index (χ3n) is 3.95. The summed E-state index contributed by atoms with van der Waals surface area (Å²) >= 11 is 0. The lowest BCUT2D eigenvalue weighted by atomic mass is 10.2. The van der Waals surface area contributed by atoms with Gasteiger partial charge in [-0.15, -0.1) is 0 Å². The van der Waals surface area contributed by atoms with E-state index in [-0.39, 0.29) is 5.91 Å². The van der Waals surface area contributed by atoms with Crippen molar-refractivity contribution < 1.29 is 4.79 Å². The minimum Gasteiger partial charge on any atom is -0.378 e. The summed E-state index contributed by atoms with van der Waals surface area (Å²) < 4.78 is 0. The maximum atomic E-state index is 12.5. The first-order valence-corrected chi connectivity index (χ1v) is 8.39. The zero-order chi connectivity index (χ0) is 18.5. The second-order valence-electron chi connectivity index (χ2n) is 6.35. The molecule has 0 aliphatic rings. The molecule has 132 valence electrons. The van der Waals surface area contributed by atoms with Crippen molar-refractivity contribution in [3.8, 4) is 0 Å². The Morgan fingerprint density at radius 1 is 0.923 bits per heavy atom. The first-order valence-electron chi connectivity index (χ1n) is 8.39. The molecule has 0 radical (unpaired) electrons. The normalized spacial score (nSPS) is 10.3. The molecular weight excluding hydrogens is 324 g/mol. The first-order chi connectivity index (χ1) is 12.5. The molecule has 26 heavy (non-hydrogen) atoms. The van der Waals surface area contributed by atoms with Crippen molar-refractivity contribution >= 4 is 28.7 Å². The van der Waals surface area contributed by atoms with Gasteiger partial charge in [0.25, 0.3) is 5.91 Å². The Hall–Kier alpha value is -3.34. The minimum atomic E-state index is -0.192. The van der Waals surface area contributed by atoms with Crippen molar-refractivity contribution in [2.45, 2.75) is 6.92 Å². The van der Waals surface area contributed by atoms with Crippen LogP contribution in [0.1, 0.15) is 15.9 Å². The summed E-state index contributed by atoms with van der Waals surface area (Å²) in [7, 11) is 3.96. The predicted molar refractivity (Wildman–Crippen MR) is 107 cm³/mol. The Kier molecular flexibility index (Phi) is 5.17. The first kappa shape index (κ1) is 17.5. The quantitative estimate of drug-likeness (QED) is 0.716. The van der Waals surface area contributed by atoms with E-state index in [0.29, 0.717) is 5.56 Å². The van der Waals surface area contributed by atoms with Gasteiger partial charge in [0.2, 0.25) is 0 Å². The summed E-state index contributed by atoms with van der Waals surface area (Å²) in [4.78, 5) is 18.7. The lowest BCUT2D eigenvalue weighted by Crippen LogP contribution is -2.13. The minimum absolute atomic E-state index is 0.192. The molecule has 2 aromatic carbocycles. The fourth-order valence-electron chi connectivity index (χ4n) is 2.57. The van der Waals surface area contributed by atoms with Crippen LogP contribution in [0.3, 0.4) is 0 Å². The standard InChI is InChI=1S/C21H22N4O/c1-15-5-4-6-18(11-15)23-19-12-16(13-22-14-19)21(26)24-17-7-9-20(10-8-17)25(2)3/h4-14,23H,1-3H3,(H,24,26). The summed E-state index contributed by atoms with van der Waals surface area (Å²) in [5.74, 6) is -0.192. The van der Waals surface area contributed by atoms with E-state index in [9.17, 15) is 4.79 Å². The maximum absolute atomic E-state index is 12.5. The molecule has 0 saturated carbocycles. The highest BCUT2D eigenvalue weighted by Gasteiger charge is 2.08. The number of carbonyl (C=O) groups is 1. The van der Waals surface area contributed by atoms with Crippen LogP contribution in [-0.2, 0) is 0 Å². The van der Waals surface area contributed by atoms with Gasteiger partial charge in [-0.25, -0.2) is 0 Å². The molecule has 0 atom stereocenters. The Morgan fingerprint density at radius 2 is 1.69 bits per heavy atom. The molecule has 0 fully saturated rings. The largest absolute Gasteiger partial charge is 0.378 e. The van der Waals surface area contributed by atoms with Gasteiger partial charge in [0, 0.05) is 37.4 Å². The fraction of sp³-hybridized carbons (Fsp3) is 0.143. The Balaban J connectivity index is 1.71. The number of nitrogens with zero attached hydrogens (tertiary/aromatic N) is 2. The monoisotopic (exact) mass is 346 g/mol. The second-order valence-corrected chi connectivity index (χ2v) is 6.35. The number of carbonyl (C=O) groups excluding carboxylic acids is 1. The van der Waals surface area contributed by atoms with Crippen molar-refractivity contribution in [2.75, 3.05) is 29.6 Å². The Labute approximate surface area is 153 Å². The van der Waals surface area contributed by atoms with Gasteiger partial charge in [-0.2, -0.15) is 0 Å². The van der Waals surface area contributed by atoms with E-state index in [1.165, 1.54) is 0 Å². The number of pyridine rings is 1. The van der Waals surface area contributed by atoms with Crippen LogP contribution in [0.4, 0.5) is 22.7 Å². The molecule has 1 aromatic heterocycles. The van der Waals surface area contributed by atoms with Gasteiger partial charge in [0.15, 0.2) is 0 Å². The number of rotatable bonds is 5. The highest BCUT2D eigenvalue weighted by Crippen LogP contribution is 2.19. The smallest absolute Gasteiger partial charge is 0.257 e. The molecule has 0 unspecified atom stereocenters. The van der Waals surface area contributed by atoms with Crippen LogP contribution in [0.25, 0.3) is 0 Å². The summed E-state index contributed by atoms with van der Waals surface area (Å²) in [5.41, 5.74) is 5.22. The van der Waals surface area contributed by atoms with Crippen LogP contribution in [-0.4, -0.2) is 25.0 Å². The third-order valence-corrected chi connectivity index (χ3v) is 3.95. The number of aryl methyl sites for hydroxylation is 1. The highest BCUT2D eigenvalue weighted by molar-refractivity contribution is 6.04. The Bertz CT molecular complexity index is 904. The fourth-order valence-corrected chi connectivity index (χ4v) is 2.57. The molecular formula is C21H22N4O. The predicted octanol–water partition coefficient (Wildman–Crippen LogP) is 4.45. The van der Waals surface area contributed by atoms with Crippen LogP contribution >= 0.6 is 0 Å². The number of aromatic nitrogens is 1. The molecule has 1 heterocycles. The van der Waals surface area contributed by atoms with E-state index in [2.05, 4.69) is 15.6 Å². The van der Waals surface area contributed by atoms with Crippen molar-refractivity contribution in [3.05, 3.63) is 78.1 Å². The van der Waals surface area contributed by atoms with E-state index < -0.39 is 0 Å². The molecule has 3 aromatic rings. The average molecular weight is 346 g/mol. The zero-order valence-corrected chi connectivity index (χ0v) is 15.2. The number of hydrogen-bond donors (Lipinski definition) is 2. The molecule has 0 aliphatic heterocycles. The van der Waals surface area contributed by atoms with Gasteiger partial charge >= 0.3 is 0 Å². The van der Waals surface area contributed by atoms with Gasteiger partial charge in [0.05, 0.1) is 17.4 Å². The third kappa shape index (κ3) is 4.39. The average Bonchev–Trinajstić information content (AvgIpc) is 2.62. The molecule has 0 aliphatic carbocycles. The van der Waals surface area contributed by atoms with Crippen molar-refractivity contribution in [1.82, 2.24) is 4.98 Å². The van der Waals surface area contributed by atoms with E-state index >= 15 is 0 Å². The topological polar surface area (TPSA) is 57.3 Å².